The quantitative estimate of drug-likeness (QED) is 0.815. The smallest absolute Gasteiger partial charge is 0.239 e. The molecule has 1 saturated heterocycles. The molecule has 0 saturated carbocycles. The van der Waals surface area contributed by atoms with Crippen molar-refractivity contribution < 1.29 is 12.8 Å². The van der Waals surface area contributed by atoms with Crippen LogP contribution < -0.4 is 9.21 Å². The number of para-hydroxylation sites is 1. The maximum absolute atomic E-state index is 14.0. The Morgan fingerprint density at radius 3 is 2.67 bits per heavy atom. The molecule has 140 valence electrons. The fourth-order valence-electron chi connectivity index (χ4n) is 4.04. The van der Waals surface area contributed by atoms with Crippen molar-refractivity contribution in [2.75, 3.05) is 28.8 Å². The minimum Gasteiger partial charge on any atom is -0.369 e. The van der Waals surface area contributed by atoms with Gasteiger partial charge in [-0.1, -0.05) is 24.3 Å². The molecule has 2 aliphatic heterocycles. The predicted molar refractivity (Wildman–Crippen MR) is 103 cm³/mol. The zero-order valence-corrected chi connectivity index (χ0v) is 15.6. The number of hydrogen-bond acceptors (Lipinski definition) is 4. The highest BCUT2D eigenvalue weighted by Crippen LogP contribution is 2.34. The first-order valence-electron chi connectivity index (χ1n) is 9.05. The molecule has 0 spiro atoms. The Labute approximate surface area is 158 Å². The van der Waals surface area contributed by atoms with Gasteiger partial charge in [-0.05, 0) is 43.0 Å². The van der Waals surface area contributed by atoms with E-state index in [4.69, 9.17) is 0 Å². The van der Waals surface area contributed by atoms with E-state index in [1.807, 2.05) is 35.2 Å². The van der Waals surface area contributed by atoms with Gasteiger partial charge >= 0.3 is 0 Å². The van der Waals surface area contributed by atoms with E-state index in [1.165, 1.54) is 10.4 Å². The number of fused-ring (bicyclic) bond motifs is 1. The second-order valence-corrected chi connectivity index (χ2v) is 9.09. The van der Waals surface area contributed by atoms with Crippen molar-refractivity contribution in [3.8, 4) is 6.07 Å². The van der Waals surface area contributed by atoms with E-state index in [9.17, 15) is 18.1 Å². The first-order chi connectivity index (χ1) is 13.0. The molecule has 1 fully saturated rings. The first-order valence-corrected chi connectivity index (χ1v) is 10.6. The summed E-state index contributed by atoms with van der Waals surface area (Å²) >= 11 is 0. The van der Waals surface area contributed by atoms with Crippen molar-refractivity contribution in [1.29, 1.82) is 5.26 Å². The number of hydrogen-bond donors (Lipinski definition) is 0. The van der Waals surface area contributed by atoms with Crippen LogP contribution in [0.4, 0.5) is 15.8 Å². The lowest BCUT2D eigenvalue weighted by Crippen LogP contribution is -2.48. The molecule has 4 rings (SSSR count). The molecule has 1 atom stereocenters. The summed E-state index contributed by atoms with van der Waals surface area (Å²) in [5, 5.41) is 8.72. The highest BCUT2D eigenvalue weighted by molar-refractivity contribution is 7.93. The molecule has 2 aromatic carbocycles. The molecule has 2 aromatic rings. The van der Waals surface area contributed by atoms with Crippen molar-refractivity contribution >= 4 is 21.4 Å². The van der Waals surface area contributed by atoms with Crippen LogP contribution in [0.25, 0.3) is 0 Å². The van der Waals surface area contributed by atoms with Gasteiger partial charge < -0.3 is 4.90 Å². The average molecular weight is 385 g/mol. The largest absolute Gasteiger partial charge is 0.369 e. The summed E-state index contributed by atoms with van der Waals surface area (Å²) in [7, 11) is -3.53. The lowest BCUT2D eigenvalue weighted by Gasteiger charge is -2.36. The molecule has 1 unspecified atom stereocenters. The number of nitrogens with zero attached hydrogens (tertiary/aromatic N) is 3. The molecule has 0 bridgehead atoms. The fourth-order valence-corrected chi connectivity index (χ4v) is 6.03. The van der Waals surface area contributed by atoms with Gasteiger partial charge in [0.25, 0.3) is 0 Å². The summed E-state index contributed by atoms with van der Waals surface area (Å²) < 4.78 is 42.1. The second kappa shape index (κ2) is 6.86. The van der Waals surface area contributed by atoms with Crippen LogP contribution >= 0.6 is 0 Å². The molecule has 7 heteroatoms. The molecule has 0 aliphatic carbocycles. The van der Waals surface area contributed by atoms with Crippen molar-refractivity contribution in [2.24, 2.45) is 0 Å². The molecule has 27 heavy (non-hydrogen) atoms. The molecule has 0 radical (unpaired) electrons. The predicted octanol–water partition coefficient (Wildman–Crippen LogP) is 3.06. The Bertz CT molecular complexity index is 1020. The van der Waals surface area contributed by atoms with Crippen LogP contribution in [0, 0.1) is 17.1 Å². The summed E-state index contributed by atoms with van der Waals surface area (Å²) in [4.78, 5) is 1.83. The Kier molecular flexibility index (Phi) is 4.52. The number of sulfonamides is 1. The Balaban J connectivity index is 1.63. The summed E-state index contributed by atoms with van der Waals surface area (Å²) in [5.41, 5.74) is 2.25. The molecule has 0 amide bonds. The van der Waals surface area contributed by atoms with Gasteiger partial charge in [-0.15, -0.1) is 0 Å². The van der Waals surface area contributed by atoms with E-state index in [2.05, 4.69) is 0 Å². The van der Waals surface area contributed by atoms with Crippen LogP contribution in [-0.2, 0) is 16.4 Å². The zero-order chi connectivity index (χ0) is 19.0. The van der Waals surface area contributed by atoms with Crippen molar-refractivity contribution in [2.45, 2.75) is 24.5 Å². The summed E-state index contributed by atoms with van der Waals surface area (Å²) in [6.45, 7) is 1.33. The van der Waals surface area contributed by atoms with Crippen LogP contribution in [0.15, 0.2) is 42.5 Å². The number of rotatable bonds is 3. The monoisotopic (exact) mass is 385 g/mol. The van der Waals surface area contributed by atoms with Gasteiger partial charge in [0, 0.05) is 19.6 Å². The molecule has 0 N–H and O–H groups in total. The van der Waals surface area contributed by atoms with Gasteiger partial charge in [-0.25, -0.2) is 12.8 Å². The maximum Gasteiger partial charge on any atom is 0.239 e. The lowest BCUT2D eigenvalue weighted by molar-refractivity contribution is 0.528. The van der Waals surface area contributed by atoms with Crippen LogP contribution in [0.3, 0.4) is 0 Å². The van der Waals surface area contributed by atoms with E-state index >= 15 is 0 Å². The molecule has 2 aliphatic rings. The fraction of sp³-hybridized carbons (Fsp3) is 0.350. The van der Waals surface area contributed by atoms with Crippen LogP contribution in [0.2, 0.25) is 0 Å². The number of piperidine rings is 1. The number of benzene rings is 2. The van der Waals surface area contributed by atoms with Crippen molar-refractivity contribution in [3.05, 3.63) is 59.4 Å². The molecule has 0 aromatic heterocycles. The number of nitriles is 1. The van der Waals surface area contributed by atoms with Crippen LogP contribution in [0.1, 0.15) is 24.0 Å². The summed E-state index contributed by atoms with van der Waals surface area (Å²) in [6, 6.07) is 14.0. The third-order valence-electron chi connectivity index (χ3n) is 5.40. The minimum atomic E-state index is -3.53. The first kappa shape index (κ1) is 17.8. The molecular formula is C20H20FN3O2S. The Morgan fingerprint density at radius 2 is 1.85 bits per heavy atom. The van der Waals surface area contributed by atoms with E-state index in [-0.39, 0.29) is 12.1 Å². The minimum absolute atomic E-state index is 0.0259. The van der Waals surface area contributed by atoms with Crippen molar-refractivity contribution in [1.82, 2.24) is 0 Å². The third-order valence-corrected chi connectivity index (χ3v) is 7.62. The van der Waals surface area contributed by atoms with Gasteiger partial charge in [-0.3, -0.25) is 4.31 Å². The average Bonchev–Trinajstić information content (AvgIpc) is 3.13. The SMILES string of the molecule is N#Cc1c(F)cccc1N1CCCC(S(=O)(=O)N2CCc3ccccc32)C1. The maximum atomic E-state index is 14.0. The van der Waals surface area contributed by atoms with E-state index < -0.39 is 21.1 Å². The number of halogens is 1. The molecule has 2 heterocycles. The van der Waals surface area contributed by atoms with E-state index in [0.717, 1.165) is 11.3 Å². The van der Waals surface area contributed by atoms with Crippen LogP contribution in [0.5, 0.6) is 0 Å². The topological polar surface area (TPSA) is 64.4 Å². The standard InChI is InChI=1S/C20H20FN3O2S/c21-18-7-3-9-20(17(18)13-22)23-11-4-6-16(14-23)27(25,26)24-12-10-15-5-1-2-8-19(15)24/h1-3,5,7-9,16H,4,6,10-12,14H2. The van der Waals surface area contributed by atoms with Gasteiger partial charge in [0.2, 0.25) is 10.0 Å². The highest BCUT2D eigenvalue weighted by Gasteiger charge is 2.38. The lowest BCUT2D eigenvalue weighted by atomic mass is 10.1. The van der Waals surface area contributed by atoms with Gasteiger partial charge in [0.1, 0.15) is 17.4 Å². The van der Waals surface area contributed by atoms with Gasteiger partial charge in [-0.2, -0.15) is 5.26 Å². The summed E-state index contributed by atoms with van der Waals surface area (Å²) in [5.74, 6) is -0.576. The van der Waals surface area contributed by atoms with Crippen LogP contribution in [-0.4, -0.2) is 33.3 Å². The number of anilines is 2. The zero-order valence-electron chi connectivity index (χ0n) is 14.8. The Morgan fingerprint density at radius 1 is 1.07 bits per heavy atom. The normalized spacial score (nSPS) is 19.6. The van der Waals surface area contributed by atoms with Crippen molar-refractivity contribution in [3.63, 3.8) is 0 Å². The van der Waals surface area contributed by atoms with E-state index in [0.29, 0.717) is 38.0 Å². The van der Waals surface area contributed by atoms with E-state index in [1.54, 1.807) is 12.1 Å². The summed E-state index contributed by atoms with van der Waals surface area (Å²) in [6.07, 6.45) is 1.96. The van der Waals surface area contributed by atoms with Gasteiger partial charge in [0.05, 0.1) is 16.6 Å². The molecular weight excluding hydrogens is 365 g/mol. The Hall–Kier alpha value is -2.59. The third kappa shape index (κ3) is 3.04. The highest BCUT2D eigenvalue weighted by atomic mass is 32.2. The molecule has 5 nitrogen and oxygen atoms in total. The second-order valence-electron chi connectivity index (χ2n) is 6.95. The van der Waals surface area contributed by atoms with Gasteiger partial charge in [0.15, 0.2) is 0 Å².